The summed E-state index contributed by atoms with van der Waals surface area (Å²) in [6.07, 6.45) is 9.72. The predicted molar refractivity (Wildman–Crippen MR) is 81.3 cm³/mol. The molecule has 20 heavy (non-hydrogen) atoms. The molecule has 0 spiro atoms. The second-order valence-corrected chi connectivity index (χ2v) is 5.21. The van der Waals surface area contributed by atoms with Crippen molar-refractivity contribution in [1.82, 2.24) is 19.3 Å². The molecular formula is C14H22N6. The molecule has 2 N–H and O–H groups in total. The highest BCUT2D eigenvalue weighted by molar-refractivity contribution is 5.65. The third kappa shape index (κ3) is 2.85. The van der Waals surface area contributed by atoms with Crippen molar-refractivity contribution in [2.75, 3.05) is 43.9 Å². The Morgan fingerprint density at radius 2 is 2.10 bits per heavy atom. The molecule has 1 aliphatic heterocycles. The van der Waals surface area contributed by atoms with Crippen LogP contribution >= 0.6 is 0 Å². The number of nitrogens with one attached hydrogen (secondary N) is 2. The van der Waals surface area contributed by atoms with Crippen molar-refractivity contribution >= 4 is 17.3 Å². The predicted octanol–water partition coefficient (Wildman–Crippen LogP) is 1.67. The van der Waals surface area contributed by atoms with Crippen LogP contribution in [0.1, 0.15) is 19.3 Å². The molecular weight excluding hydrogens is 252 g/mol. The van der Waals surface area contributed by atoms with Crippen molar-refractivity contribution in [1.29, 1.82) is 0 Å². The van der Waals surface area contributed by atoms with Gasteiger partial charge in [-0.25, -0.2) is 9.97 Å². The smallest absolute Gasteiger partial charge is 0.180 e. The molecule has 2 aromatic rings. The lowest BCUT2D eigenvalue weighted by Gasteiger charge is -2.26. The van der Waals surface area contributed by atoms with E-state index < -0.39 is 0 Å². The molecule has 3 rings (SSSR count). The summed E-state index contributed by atoms with van der Waals surface area (Å²) >= 11 is 0. The van der Waals surface area contributed by atoms with Crippen LogP contribution in [0.2, 0.25) is 0 Å². The number of likely N-dealkylation sites (tertiary alicyclic amines) is 1. The first-order valence-electron chi connectivity index (χ1n) is 7.34. The van der Waals surface area contributed by atoms with Gasteiger partial charge in [-0.15, -0.1) is 0 Å². The lowest BCUT2D eigenvalue weighted by Crippen LogP contribution is -2.33. The average molecular weight is 274 g/mol. The van der Waals surface area contributed by atoms with E-state index in [0.717, 1.165) is 30.4 Å². The SMILES string of the molecule is CNc1cn2ccnc2c(NCCN2CCCCC2)n1. The number of hydrogen-bond donors (Lipinski definition) is 2. The van der Waals surface area contributed by atoms with E-state index in [1.54, 1.807) is 6.20 Å². The van der Waals surface area contributed by atoms with Crippen molar-refractivity contribution in [3.63, 3.8) is 0 Å². The topological polar surface area (TPSA) is 57.5 Å². The molecule has 6 nitrogen and oxygen atoms in total. The van der Waals surface area contributed by atoms with Crippen LogP contribution in [0.25, 0.3) is 5.65 Å². The van der Waals surface area contributed by atoms with Crippen molar-refractivity contribution in [2.45, 2.75) is 19.3 Å². The quantitative estimate of drug-likeness (QED) is 0.868. The summed E-state index contributed by atoms with van der Waals surface area (Å²) in [6.45, 7) is 4.43. The number of rotatable bonds is 5. The van der Waals surface area contributed by atoms with Crippen molar-refractivity contribution in [2.24, 2.45) is 0 Å². The Balaban J connectivity index is 1.65. The second-order valence-electron chi connectivity index (χ2n) is 5.21. The summed E-state index contributed by atoms with van der Waals surface area (Å²) in [6, 6.07) is 0. The van der Waals surface area contributed by atoms with Gasteiger partial charge in [0, 0.05) is 32.5 Å². The molecule has 0 unspecified atom stereocenters. The summed E-state index contributed by atoms with van der Waals surface area (Å²) in [4.78, 5) is 11.4. The maximum Gasteiger partial charge on any atom is 0.180 e. The highest BCUT2D eigenvalue weighted by atomic mass is 15.2. The van der Waals surface area contributed by atoms with Gasteiger partial charge in [0.25, 0.3) is 0 Å². The number of fused-ring (bicyclic) bond motifs is 1. The second kappa shape index (κ2) is 6.09. The molecule has 1 aliphatic rings. The Morgan fingerprint density at radius 3 is 2.90 bits per heavy atom. The van der Waals surface area contributed by atoms with Crippen molar-refractivity contribution in [3.8, 4) is 0 Å². The first-order valence-corrected chi connectivity index (χ1v) is 7.34. The molecule has 0 saturated carbocycles. The lowest BCUT2D eigenvalue weighted by molar-refractivity contribution is 0.237. The molecule has 0 atom stereocenters. The fourth-order valence-corrected chi connectivity index (χ4v) is 2.69. The number of piperidine rings is 1. The number of nitrogens with zero attached hydrogens (tertiary/aromatic N) is 4. The summed E-state index contributed by atoms with van der Waals surface area (Å²) in [5.74, 6) is 1.69. The molecule has 6 heteroatoms. The Labute approximate surface area is 119 Å². The molecule has 0 bridgehead atoms. The number of anilines is 2. The van der Waals surface area contributed by atoms with Gasteiger partial charge in [0.05, 0.1) is 6.20 Å². The largest absolute Gasteiger partial charge is 0.372 e. The van der Waals surface area contributed by atoms with Crippen molar-refractivity contribution in [3.05, 3.63) is 18.6 Å². The molecule has 0 aromatic carbocycles. The van der Waals surface area contributed by atoms with Gasteiger partial charge in [-0.3, -0.25) is 0 Å². The fraction of sp³-hybridized carbons (Fsp3) is 0.571. The standard InChI is InChI=1S/C14H22N6/c1-15-12-11-20-10-6-17-14(20)13(18-12)16-5-9-19-7-3-2-4-8-19/h6,10-11,15H,2-5,7-9H2,1H3,(H,16,18). The summed E-state index contributed by atoms with van der Waals surface area (Å²) in [7, 11) is 1.88. The summed E-state index contributed by atoms with van der Waals surface area (Å²) < 4.78 is 1.99. The van der Waals surface area contributed by atoms with Crippen molar-refractivity contribution < 1.29 is 0 Å². The number of aromatic nitrogens is 3. The maximum atomic E-state index is 4.55. The van der Waals surface area contributed by atoms with E-state index in [2.05, 4.69) is 25.5 Å². The summed E-state index contributed by atoms with van der Waals surface area (Å²) in [5.41, 5.74) is 0.877. The molecule has 0 radical (unpaired) electrons. The average Bonchev–Trinajstić information content (AvgIpc) is 2.96. The Morgan fingerprint density at radius 1 is 1.25 bits per heavy atom. The number of imidazole rings is 1. The van der Waals surface area contributed by atoms with Crippen LogP contribution in [0.4, 0.5) is 11.6 Å². The Bertz CT molecular complexity index is 558. The zero-order valence-electron chi connectivity index (χ0n) is 12.0. The first-order chi connectivity index (χ1) is 9.86. The van der Waals surface area contributed by atoms with Gasteiger partial charge in [-0.1, -0.05) is 6.42 Å². The molecule has 108 valence electrons. The molecule has 0 amide bonds. The minimum Gasteiger partial charge on any atom is -0.372 e. The van der Waals surface area contributed by atoms with Crippen LogP contribution in [-0.2, 0) is 0 Å². The fourth-order valence-electron chi connectivity index (χ4n) is 2.69. The zero-order chi connectivity index (χ0) is 13.8. The number of hydrogen-bond acceptors (Lipinski definition) is 5. The van der Waals surface area contributed by atoms with E-state index in [1.165, 1.54) is 32.4 Å². The summed E-state index contributed by atoms with van der Waals surface area (Å²) in [5, 5.41) is 6.50. The molecule has 2 aromatic heterocycles. The van der Waals surface area contributed by atoms with E-state index >= 15 is 0 Å². The van der Waals surface area contributed by atoms with Crippen LogP contribution in [-0.4, -0.2) is 52.5 Å². The first kappa shape index (κ1) is 13.2. The minimum absolute atomic E-state index is 0.843. The van der Waals surface area contributed by atoms with Gasteiger partial charge in [0.2, 0.25) is 0 Å². The van der Waals surface area contributed by atoms with Gasteiger partial charge in [0.15, 0.2) is 11.5 Å². The molecule has 1 saturated heterocycles. The monoisotopic (exact) mass is 274 g/mol. The molecule has 0 aliphatic carbocycles. The van der Waals surface area contributed by atoms with E-state index in [1.807, 2.05) is 23.8 Å². The molecule has 1 fully saturated rings. The van der Waals surface area contributed by atoms with Crippen LogP contribution in [0.3, 0.4) is 0 Å². The third-order valence-electron chi connectivity index (χ3n) is 3.80. The van der Waals surface area contributed by atoms with E-state index in [-0.39, 0.29) is 0 Å². The Kier molecular flexibility index (Phi) is 4.01. The Hall–Kier alpha value is -1.82. The normalized spacial score (nSPS) is 16.4. The highest BCUT2D eigenvalue weighted by Crippen LogP contribution is 2.16. The minimum atomic E-state index is 0.843. The zero-order valence-corrected chi connectivity index (χ0v) is 12.0. The van der Waals surface area contributed by atoms with E-state index in [9.17, 15) is 0 Å². The van der Waals surface area contributed by atoms with Crippen LogP contribution in [0.5, 0.6) is 0 Å². The maximum absolute atomic E-state index is 4.55. The van der Waals surface area contributed by atoms with Gasteiger partial charge in [0.1, 0.15) is 5.82 Å². The van der Waals surface area contributed by atoms with Crippen LogP contribution in [0.15, 0.2) is 18.6 Å². The van der Waals surface area contributed by atoms with Gasteiger partial charge < -0.3 is 19.9 Å². The van der Waals surface area contributed by atoms with Crippen LogP contribution < -0.4 is 10.6 Å². The molecule has 3 heterocycles. The van der Waals surface area contributed by atoms with Gasteiger partial charge in [-0.05, 0) is 25.9 Å². The lowest BCUT2D eigenvalue weighted by atomic mass is 10.1. The van der Waals surface area contributed by atoms with Gasteiger partial charge in [-0.2, -0.15) is 0 Å². The van der Waals surface area contributed by atoms with Crippen LogP contribution in [0, 0.1) is 0 Å². The van der Waals surface area contributed by atoms with E-state index in [4.69, 9.17) is 0 Å². The van der Waals surface area contributed by atoms with E-state index in [0.29, 0.717) is 0 Å². The third-order valence-corrected chi connectivity index (χ3v) is 3.80. The highest BCUT2D eigenvalue weighted by Gasteiger charge is 2.10. The van der Waals surface area contributed by atoms with Gasteiger partial charge >= 0.3 is 0 Å².